The van der Waals surface area contributed by atoms with Crippen LogP contribution in [0.25, 0.3) is 21.9 Å². The molecule has 0 aliphatic carbocycles. The van der Waals surface area contributed by atoms with Crippen molar-refractivity contribution in [1.82, 2.24) is 4.98 Å². The molecule has 2 heterocycles. The summed E-state index contributed by atoms with van der Waals surface area (Å²) in [5, 5.41) is 1.57. The lowest BCUT2D eigenvalue weighted by atomic mass is 9.97. The normalized spacial score (nSPS) is 15.7. The number of benzene rings is 2. The van der Waals surface area contributed by atoms with Gasteiger partial charge in [0.2, 0.25) is 0 Å². The second kappa shape index (κ2) is 6.43. The molecule has 0 bridgehead atoms. The summed E-state index contributed by atoms with van der Waals surface area (Å²) in [6.45, 7) is 4.08. The van der Waals surface area contributed by atoms with Crippen molar-refractivity contribution in [2.75, 3.05) is 18.0 Å². The van der Waals surface area contributed by atoms with Crippen molar-refractivity contribution in [3.63, 3.8) is 0 Å². The van der Waals surface area contributed by atoms with Crippen molar-refractivity contribution in [2.45, 2.75) is 19.8 Å². The second-order valence-corrected chi connectivity index (χ2v) is 6.83. The third kappa shape index (κ3) is 2.97. The second-order valence-electron chi connectivity index (χ2n) is 6.83. The number of nitrogens with zero attached hydrogens (tertiary/aromatic N) is 2. The van der Waals surface area contributed by atoms with E-state index in [9.17, 15) is 8.78 Å². The SMILES string of the molecule is CC1CCN(c2ncc(-c3ccccc3F)c3ccc(F)cc23)CC1. The van der Waals surface area contributed by atoms with Gasteiger partial charge in [-0.05, 0) is 42.3 Å². The molecule has 1 fully saturated rings. The Morgan fingerprint density at radius 1 is 0.960 bits per heavy atom. The molecule has 1 aliphatic heterocycles. The lowest BCUT2D eigenvalue weighted by Gasteiger charge is -2.32. The highest BCUT2D eigenvalue weighted by atomic mass is 19.1. The summed E-state index contributed by atoms with van der Waals surface area (Å²) in [7, 11) is 0. The zero-order valence-electron chi connectivity index (χ0n) is 14.2. The van der Waals surface area contributed by atoms with Crippen LogP contribution in [0.1, 0.15) is 19.8 Å². The Hall–Kier alpha value is -2.49. The van der Waals surface area contributed by atoms with E-state index in [1.165, 1.54) is 18.2 Å². The molecular formula is C21H20F2N2. The van der Waals surface area contributed by atoms with Gasteiger partial charge in [-0.15, -0.1) is 0 Å². The molecule has 0 N–H and O–H groups in total. The Morgan fingerprint density at radius 2 is 1.72 bits per heavy atom. The Labute approximate surface area is 146 Å². The molecule has 1 aliphatic rings. The number of piperidine rings is 1. The summed E-state index contributed by atoms with van der Waals surface area (Å²) in [4.78, 5) is 6.82. The first-order chi connectivity index (χ1) is 12.1. The van der Waals surface area contributed by atoms with Gasteiger partial charge in [0.1, 0.15) is 17.5 Å². The molecule has 2 aromatic carbocycles. The van der Waals surface area contributed by atoms with E-state index in [2.05, 4.69) is 16.8 Å². The van der Waals surface area contributed by atoms with E-state index in [0.29, 0.717) is 17.0 Å². The smallest absolute Gasteiger partial charge is 0.136 e. The highest BCUT2D eigenvalue weighted by Crippen LogP contribution is 2.35. The van der Waals surface area contributed by atoms with E-state index in [1.807, 2.05) is 0 Å². The van der Waals surface area contributed by atoms with Gasteiger partial charge in [-0.3, -0.25) is 0 Å². The topological polar surface area (TPSA) is 16.1 Å². The standard InChI is InChI=1S/C21H20F2N2/c1-14-8-10-25(11-9-14)21-18-12-15(22)6-7-16(18)19(13-24-21)17-4-2-3-5-20(17)23/h2-7,12-14H,8-11H2,1H3. The molecule has 4 heteroatoms. The molecule has 0 amide bonds. The molecule has 0 saturated carbocycles. The van der Waals surface area contributed by atoms with Gasteiger partial charge in [0.25, 0.3) is 0 Å². The molecule has 0 atom stereocenters. The van der Waals surface area contributed by atoms with Crippen LogP contribution in [0.2, 0.25) is 0 Å². The van der Waals surface area contributed by atoms with Crippen molar-refractivity contribution in [2.24, 2.45) is 5.92 Å². The van der Waals surface area contributed by atoms with Crippen molar-refractivity contribution < 1.29 is 8.78 Å². The molecule has 1 saturated heterocycles. The third-order valence-corrected chi connectivity index (χ3v) is 5.08. The quantitative estimate of drug-likeness (QED) is 0.620. The van der Waals surface area contributed by atoms with Gasteiger partial charge in [-0.2, -0.15) is 0 Å². The zero-order valence-corrected chi connectivity index (χ0v) is 14.2. The van der Waals surface area contributed by atoms with Crippen LogP contribution in [0.15, 0.2) is 48.7 Å². The largest absolute Gasteiger partial charge is 0.356 e. The third-order valence-electron chi connectivity index (χ3n) is 5.08. The fourth-order valence-electron chi connectivity index (χ4n) is 3.57. The van der Waals surface area contributed by atoms with Crippen molar-refractivity contribution in [3.8, 4) is 11.1 Å². The summed E-state index contributed by atoms with van der Waals surface area (Å²) < 4.78 is 28.2. The van der Waals surface area contributed by atoms with Crippen molar-refractivity contribution in [3.05, 3.63) is 60.3 Å². The first-order valence-corrected chi connectivity index (χ1v) is 8.71. The minimum atomic E-state index is -0.299. The number of aromatic nitrogens is 1. The number of fused-ring (bicyclic) bond motifs is 1. The highest BCUT2D eigenvalue weighted by Gasteiger charge is 2.20. The number of hydrogen-bond acceptors (Lipinski definition) is 2. The van der Waals surface area contributed by atoms with Crippen LogP contribution in [-0.2, 0) is 0 Å². The monoisotopic (exact) mass is 338 g/mol. The molecule has 4 rings (SSSR count). The van der Waals surface area contributed by atoms with Gasteiger partial charge in [0.15, 0.2) is 0 Å². The van der Waals surface area contributed by atoms with Crippen LogP contribution < -0.4 is 4.90 Å². The maximum Gasteiger partial charge on any atom is 0.136 e. The van der Waals surface area contributed by atoms with E-state index >= 15 is 0 Å². The number of anilines is 1. The van der Waals surface area contributed by atoms with Gasteiger partial charge in [-0.1, -0.05) is 31.2 Å². The number of pyridine rings is 1. The fourth-order valence-corrected chi connectivity index (χ4v) is 3.57. The highest BCUT2D eigenvalue weighted by molar-refractivity contribution is 6.02. The maximum atomic E-state index is 14.3. The van der Waals surface area contributed by atoms with Crippen LogP contribution in [0.3, 0.4) is 0 Å². The molecule has 0 radical (unpaired) electrons. The van der Waals surface area contributed by atoms with Gasteiger partial charge < -0.3 is 4.90 Å². The molecule has 25 heavy (non-hydrogen) atoms. The predicted octanol–water partition coefficient (Wildman–Crippen LogP) is 5.42. The summed E-state index contributed by atoms with van der Waals surface area (Å²) in [6, 6.07) is 11.3. The molecule has 128 valence electrons. The molecule has 0 unspecified atom stereocenters. The van der Waals surface area contributed by atoms with Gasteiger partial charge in [0.05, 0.1) is 0 Å². The van der Waals surface area contributed by atoms with Gasteiger partial charge in [-0.25, -0.2) is 13.8 Å². The molecule has 2 nitrogen and oxygen atoms in total. The van der Waals surface area contributed by atoms with E-state index in [4.69, 9.17) is 0 Å². The maximum absolute atomic E-state index is 14.3. The Kier molecular flexibility index (Phi) is 4.12. The minimum Gasteiger partial charge on any atom is -0.356 e. The van der Waals surface area contributed by atoms with Gasteiger partial charge in [0, 0.05) is 35.8 Å². The Bertz CT molecular complexity index is 915. The first kappa shape index (κ1) is 16.0. The number of halogens is 2. The first-order valence-electron chi connectivity index (χ1n) is 8.71. The predicted molar refractivity (Wildman–Crippen MR) is 97.7 cm³/mol. The van der Waals surface area contributed by atoms with E-state index in [0.717, 1.165) is 42.5 Å². The lowest BCUT2D eigenvalue weighted by molar-refractivity contribution is 0.437. The summed E-state index contributed by atoms with van der Waals surface area (Å²) >= 11 is 0. The minimum absolute atomic E-state index is 0.297. The Morgan fingerprint density at radius 3 is 2.48 bits per heavy atom. The van der Waals surface area contributed by atoms with Crippen LogP contribution in [0.5, 0.6) is 0 Å². The lowest BCUT2D eigenvalue weighted by Crippen LogP contribution is -2.33. The van der Waals surface area contributed by atoms with Crippen LogP contribution in [0.4, 0.5) is 14.6 Å². The molecule has 1 aromatic heterocycles. The van der Waals surface area contributed by atoms with Crippen LogP contribution in [-0.4, -0.2) is 18.1 Å². The van der Waals surface area contributed by atoms with Crippen LogP contribution >= 0.6 is 0 Å². The van der Waals surface area contributed by atoms with Crippen molar-refractivity contribution >= 4 is 16.6 Å². The molecular weight excluding hydrogens is 318 g/mol. The van der Waals surface area contributed by atoms with E-state index in [1.54, 1.807) is 30.5 Å². The van der Waals surface area contributed by atoms with E-state index < -0.39 is 0 Å². The number of hydrogen-bond donors (Lipinski definition) is 0. The fraction of sp³-hybridized carbons (Fsp3) is 0.286. The molecule has 3 aromatic rings. The average Bonchev–Trinajstić information content (AvgIpc) is 2.62. The van der Waals surface area contributed by atoms with Gasteiger partial charge >= 0.3 is 0 Å². The van der Waals surface area contributed by atoms with E-state index in [-0.39, 0.29) is 11.6 Å². The summed E-state index contributed by atoms with van der Waals surface area (Å²) in [6.07, 6.45) is 3.92. The molecule has 0 spiro atoms. The zero-order chi connectivity index (χ0) is 17.4. The average molecular weight is 338 g/mol. The summed E-state index contributed by atoms with van der Waals surface area (Å²) in [5.74, 6) is 0.902. The summed E-state index contributed by atoms with van der Waals surface area (Å²) in [5.41, 5.74) is 1.19. The Balaban J connectivity index is 1.89. The van der Waals surface area contributed by atoms with Crippen molar-refractivity contribution in [1.29, 1.82) is 0 Å². The van der Waals surface area contributed by atoms with Crippen LogP contribution in [0, 0.1) is 17.6 Å². The number of rotatable bonds is 2.